The molecular weight excluding hydrogens is 453 g/mol. The molecule has 0 fully saturated rings. The van der Waals surface area contributed by atoms with Crippen molar-refractivity contribution in [2.24, 2.45) is 0 Å². The highest BCUT2D eigenvalue weighted by Gasteiger charge is 2.12. The summed E-state index contributed by atoms with van der Waals surface area (Å²) in [7, 11) is 1.31. The summed E-state index contributed by atoms with van der Waals surface area (Å²) in [6.45, 7) is 0.000784. The first-order chi connectivity index (χ1) is 9.99. The van der Waals surface area contributed by atoms with Crippen LogP contribution in [-0.2, 0) is 16.1 Å². The number of aromatic nitrogens is 2. The van der Waals surface area contributed by atoms with E-state index in [1.807, 2.05) is 12.1 Å². The lowest BCUT2D eigenvalue weighted by molar-refractivity contribution is -0.141. The second kappa shape index (κ2) is 7.03. The lowest BCUT2D eigenvalue weighted by Crippen LogP contribution is -2.13. The van der Waals surface area contributed by atoms with Crippen LogP contribution >= 0.6 is 38.5 Å². The number of carbonyl (C=O) groups is 2. The molecule has 1 N–H and O–H groups in total. The zero-order chi connectivity index (χ0) is 15.4. The van der Waals surface area contributed by atoms with Crippen molar-refractivity contribution >= 4 is 56.1 Å². The quantitative estimate of drug-likeness (QED) is 0.558. The summed E-state index contributed by atoms with van der Waals surface area (Å²) in [4.78, 5) is 23.3. The molecule has 0 aliphatic heterocycles. The molecule has 2 aromatic rings. The Labute approximate surface area is 143 Å². The number of carbonyl (C=O) groups excluding carboxylic acids is 2. The van der Waals surface area contributed by atoms with Crippen molar-refractivity contribution in [3.8, 4) is 0 Å². The smallest absolute Gasteiger partial charge is 0.327 e. The molecule has 1 aromatic carbocycles. The van der Waals surface area contributed by atoms with E-state index in [1.54, 1.807) is 12.3 Å². The summed E-state index contributed by atoms with van der Waals surface area (Å²) >= 11 is 5.44. The van der Waals surface area contributed by atoms with Crippen molar-refractivity contribution in [1.82, 2.24) is 9.78 Å². The summed E-state index contributed by atoms with van der Waals surface area (Å²) in [5.41, 5.74) is 1.07. The van der Waals surface area contributed by atoms with Gasteiger partial charge < -0.3 is 10.1 Å². The van der Waals surface area contributed by atoms with Crippen LogP contribution in [0.15, 0.2) is 35.1 Å². The molecule has 0 atom stereocenters. The highest BCUT2D eigenvalue weighted by molar-refractivity contribution is 14.1. The third-order valence-electron chi connectivity index (χ3n) is 2.58. The molecular formula is C13H11BrIN3O3. The van der Waals surface area contributed by atoms with Gasteiger partial charge in [0.2, 0.25) is 0 Å². The summed E-state index contributed by atoms with van der Waals surface area (Å²) in [5.74, 6) is -0.643. The number of esters is 1. The number of nitrogens with one attached hydrogen (secondary N) is 1. The van der Waals surface area contributed by atoms with Gasteiger partial charge in [-0.25, -0.2) is 0 Å². The second-order valence-electron chi connectivity index (χ2n) is 4.08. The zero-order valence-electron chi connectivity index (χ0n) is 11.0. The van der Waals surface area contributed by atoms with E-state index in [0.717, 1.165) is 8.04 Å². The molecule has 0 aliphatic rings. The van der Waals surface area contributed by atoms with E-state index in [9.17, 15) is 9.59 Å². The lowest BCUT2D eigenvalue weighted by atomic mass is 10.2. The lowest BCUT2D eigenvalue weighted by Gasteiger charge is -2.05. The van der Waals surface area contributed by atoms with E-state index in [4.69, 9.17) is 0 Å². The van der Waals surface area contributed by atoms with E-state index < -0.39 is 5.97 Å². The van der Waals surface area contributed by atoms with Crippen LogP contribution in [0.5, 0.6) is 0 Å². The van der Waals surface area contributed by atoms with Crippen LogP contribution in [0.25, 0.3) is 0 Å². The van der Waals surface area contributed by atoms with E-state index in [2.05, 4.69) is 53.7 Å². The van der Waals surface area contributed by atoms with Gasteiger partial charge in [0.25, 0.3) is 5.91 Å². The number of hydrogen-bond donors (Lipinski definition) is 1. The van der Waals surface area contributed by atoms with Crippen LogP contribution in [0.3, 0.4) is 0 Å². The zero-order valence-corrected chi connectivity index (χ0v) is 14.7. The fourth-order valence-corrected chi connectivity index (χ4v) is 2.52. The van der Waals surface area contributed by atoms with Gasteiger partial charge in [-0.05, 0) is 40.8 Å². The number of rotatable bonds is 4. The van der Waals surface area contributed by atoms with Crippen molar-refractivity contribution in [2.75, 3.05) is 12.4 Å². The fraction of sp³-hybridized carbons (Fsp3) is 0.154. The number of anilines is 1. The molecule has 21 heavy (non-hydrogen) atoms. The van der Waals surface area contributed by atoms with E-state index in [-0.39, 0.29) is 12.5 Å². The van der Waals surface area contributed by atoms with Gasteiger partial charge >= 0.3 is 5.97 Å². The molecule has 2 rings (SSSR count). The minimum absolute atomic E-state index is 0.000784. The Morgan fingerprint density at radius 3 is 2.95 bits per heavy atom. The molecule has 1 aromatic heterocycles. The number of hydrogen-bond acceptors (Lipinski definition) is 4. The van der Waals surface area contributed by atoms with Crippen molar-refractivity contribution in [2.45, 2.75) is 6.54 Å². The summed E-state index contributed by atoms with van der Waals surface area (Å²) in [6, 6.07) is 5.46. The summed E-state index contributed by atoms with van der Waals surface area (Å²) in [6.07, 6.45) is 3.05. The van der Waals surface area contributed by atoms with Crippen molar-refractivity contribution in [1.29, 1.82) is 0 Å². The monoisotopic (exact) mass is 463 g/mol. The third kappa shape index (κ3) is 4.27. The van der Waals surface area contributed by atoms with Crippen molar-refractivity contribution in [3.05, 3.63) is 44.2 Å². The number of ether oxygens (including phenoxy) is 1. The van der Waals surface area contributed by atoms with E-state index in [0.29, 0.717) is 11.3 Å². The first kappa shape index (κ1) is 16.0. The second-order valence-corrected chi connectivity index (χ2v) is 6.16. The molecule has 110 valence electrons. The molecule has 6 nitrogen and oxygen atoms in total. The first-order valence-corrected chi connectivity index (χ1v) is 7.72. The van der Waals surface area contributed by atoms with Crippen LogP contribution in [0.1, 0.15) is 10.4 Å². The van der Waals surface area contributed by atoms with Gasteiger partial charge in [-0.1, -0.05) is 15.9 Å². The first-order valence-electron chi connectivity index (χ1n) is 5.85. The molecule has 0 bridgehead atoms. The Balaban J connectivity index is 2.09. The van der Waals surface area contributed by atoms with Gasteiger partial charge in [0.1, 0.15) is 6.54 Å². The molecule has 1 heterocycles. The van der Waals surface area contributed by atoms with Gasteiger partial charge in [-0.3, -0.25) is 14.3 Å². The highest BCUT2D eigenvalue weighted by atomic mass is 127. The average Bonchev–Trinajstić information content (AvgIpc) is 2.88. The van der Waals surface area contributed by atoms with Gasteiger partial charge in [-0.15, -0.1) is 0 Å². The minimum Gasteiger partial charge on any atom is -0.468 e. The Bertz CT molecular complexity index is 687. The van der Waals surface area contributed by atoms with Gasteiger partial charge in [0.05, 0.1) is 24.6 Å². The molecule has 0 saturated heterocycles. The van der Waals surface area contributed by atoms with Gasteiger partial charge in [0.15, 0.2) is 0 Å². The Hall–Kier alpha value is -1.42. The van der Waals surface area contributed by atoms with Gasteiger partial charge in [-0.2, -0.15) is 5.10 Å². The van der Waals surface area contributed by atoms with Crippen LogP contribution < -0.4 is 5.32 Å². The van der Waals surface area contributed by atoms with Crippen LogP contribution in [0, 0.1) is 3.57 Å². The Kier molecular flexibility index (Phi) is 5.34. The summed E-state index contributed by atoms with van der Waals surface area (Å²) in [5, 5.41) is 6.72. The topological polar surface area (TPSA) is 73.2 Å². The molecule has 8 heteroatoms. The molecule has 0 radical (unpaired) electrons. The fourth-order valence-electron chi connectivity index (χ4n) is 1.58. The number of amides is 1. The molecule has 0 saturated carbocycles. The maximum absolute atomic E-state index is 12.2. The maximum atomic E-state index is 12.2. The Morgan fingerprint density at radius 2 is 2.24 bits per heavy atom. The average molecular weight is 464 g/mol. The van der Waals surface area contributed by atoms with Crippen LogP contribution in [-0.4, -0.2) is 28.8 Å². The summed E-state index contributed by atoms with van der Waals surface area (Å²) < 4.78 is 7.62. The molecule has 1 amide bonds. The number of halogens is 2. The SMILES string of the molecule is COC(=O)Cn1cc(NC(=O)c2cc(Br)ccc2I)cn1. The van der Waals surface area contributed by atoms with E-state index >= 15 is 0 Å². The van der Waals surface area contributed by atoms with Crippen molar-refractivity contribution in [3.63, 3.8) is 0 Å². The third-order valence-corrected chi connectivity index (χ3v) is 4.02. The Morgan fingerprint density at radius 1 is 1.48 bits per heavy atom. The molecule has 0 spiro atoms. The maximum Gasteiger partial charge on any atom is 0.327 e. The normalized spacial score (nSPS) is 10.2. The van der Waals surface area contributed by atoms with E-state index in [1.165, 1.54) is 18.0 Å². The predicted molar refractivity (Wildman–Crippen MR) is 89.1 cm³/mol. The number of nitrogens with zero attached hydrogens (tertiary/aromatic N) is 2. The largest absolute Gasteiger partial charge is 0.468 e. The molecule has 0 aliphatic carbocycles. The minimum atomic E-state index is -0.405. The van der Waals surface area contributed by atoms with Crippen LogP contribution in [0.2, 0.25) is 0 Å². The molecule has 0 unspecified atom stereocenters. The van der Waals surface area contributed by atoms with Crippen LogP contribution in [0.4, 0.5) is 5.69 Å². The number of methoxy groups -OCH3 is 1. The number of benzene rings is 1. The van der Waals surface area contributed by atoms with Crippen molar-refractivity contribution < 1.29 is 14.3 Å². The van der Waals surface area contributed by atoms with Gasteiger partial charge in [0, 0.05) is 14.2 Å². The predicted octanol–water partition coefficient (Wildman–Crippen LogP) is 2.68. The highest BCUT2D eigenvalue weighted by Crippen LogP contribution is 2.19. The standard InChI is InChI=1S/C13H11BrIN3O3/c1-21-12(19)7-18-6-9(5-16-18)17-13(20)10-4-8(14)2-3-11(10)15/h2-6H,7H2,1H3,(H,17,20).